The van der Waals surface area contributed by atoms with Crippen molar-refractivity contribution in [3.8, 4) is 0 Å². The van der Waals surface area contributed by atoms with Crippen LogP contribution in [0.4, 0.5) is 0 Å². The molecule has 104 valence electrons. The molecular weight excluding hydrogens is 260 g/mol. The number of rotatable bonds is 3. The lowest BCUT2D eigenvalue weighted by Gasteiger charge is -2.40. The summed E-state index contributed by atoms with van der Waals surface area (Å²) in [5, 5.41) is 4.52. The van der Waals surface area contributed by atoms with Crippen LogP contribution in [0.5, 0.6) is 0 Å². The summed E-state index contributed by atoms with van der Waals surface area (Å²) in [4.78, 5) is 0. The van der Waals surface area contributed by atoms with E-state index in [4.69, 9.17) is 0 Å². The Morgan fingerprint density at radius 1 is 1.26 bits per heavy atom. The van der Waals surface area contributed by atoms with Crippen LogP contribution < -0.4 is 5.32 Å². The van der Waals surface area contributed by atoms with Gasteiger partial charge < -0.3 is 5.32 Å². The number of benzene rings is 1. The second-order valence-electron chi connectivity index (χ2n) is 5.32. The van der Waals surface area contributed by atoms with Crippen LogP contribution in [-0.4, -0.2) is 37.9 Å². The Morgan fingerprint density at radius 3 is 2.58 bits per heavy atom. The Morgan fingerprint density at radius 2 is 1.95 bits per heavy atom. The van der Waals surface area contributed by atoms with E-state index in [1.165, 1.54) is 5.41 Å². The van der Waals surface area contributed by atoms with Gasteiger partial charge in [-0.25, -0.2) is 8.42 Å². The largest absolute Gasteiger partial charge is 0.314 e. The molecule has 1 heterocycles. The highest BCUT2D eigenvalue weighted by Gasteiger charge is 2.36. The molecule has 0 aromatic heterocycles. The van der Waals surface area contributed by atoms with Gasteiger partial charge in [-0.05, 0) is 25.5 Å². The highest BCUT2D eigenvalue weighted by molar-refractivity contribution is 7.92. The normalized spacial score (nSPS) is 20.7. The molecule has 1 fully saturated rings. The first-order valence-corrected chi connectivity index (χ1v) is 7.89. The highest BCUT2D eigenvalue weighted by atomic mass is 32.2. The second-order valence-corrected chi connectivity index (χ2v) is 7.06. The van der Waals surface area contributed by atoms with E-state index in [2.05, 4.69) is 5.32 Å². The van der Waals surface area contributed by atoms with Gasteiger partial charge in [-0.2, -0.15) is 4.31 Å². The summed E-state index contributed by atoms with van der Waals surface area (Å²) in [6, 6.07) is 9.46. The zero-order valence-electron chi connectivity index (χ0n) is 11.3. The molecule has 19 heavy (non-hydrogen) atoms. The Bertz CT molecular complexity index is 550. The summed E-state index contributed by atoms with van der Waals surface area (Å²) in [5.41, 5.74) is 0.497. The standard InChI is InChI=1S/C14H20N2O2S/c1-14(2)12-15-9-10-16(14)19(17,18)11-8-13-6-4-3-5-7-13/h3-8,11,15H,9-10,12H2,1-2H3. The van der Waals surface area contributed by atoms with E-state index >= 15 is 0 Å². The summed E-state index contributed by atoms with van der Waals surface area (Å²) in [7, 11) is -3.38. The van der Waals surface area contributed by atoms with Gasteiger partial charge in [0.15, 0.2) is 0 Å². The van der Waals surface area contributed by atoms with E-state index in [1.54, 1.807) is 10.4 Å². The minimum Gasteiger partial charge on any atom is -0.314 e. The Hall–Kier alpha value is -1.17. The van der Waals surface area contributed by atoms with Crippen LogP contribution in [0.3, 0.4) is 0 Å². The van der Waals surface area contributed by atoms with Crippen LogP contribution in [0, 0.1) is 0 Å². The lowest BCUT2D eigenvalue weighted by atomic mass is 10.0. The molecule has 1 aromatic carbocycles. The van der Waals surface area contributed by atoms with E-state index in [0.29, 0.717) is 19.6 Å². The van der Waals surface area contributed by atoms with Gasteiger partial charge in [-0.1, -0.05) is 30.3 Å². The predicted molar refractivity (Wildman–Crippen MR) is 78.1 cm³/mol. The maximum atomic E-state index is 12.4. The molecule has 1 aliphatic rings. The number of nitrogens with one attached hydrogen (secondary N) is 1. The molecule has 0 amide bonds. The average Bonchev–Trinajstić information content (AvgIpc) is 2.37. The van der Waals surface area contributed by atoms with Gasteiger partial charge in [0.05, 0.1) is 0 Å². The molecule has 0 bridgehead atoms. The van der Waals surface area contributed by atoms with Crippen molar-refractivity contribution in [2.45, 2.75) is 19.4 Å². The van der Waals surface area contributed by atoms with Gasteiger partial charge in [0.1, 0.15) is 0 Å². The maximum Gasteiger partial charge on any atom is 0.236 e. The maximum absolute atomic E-state index is 12.4. The van der Waals surface area contributed by atoms with E-state index in [9.17, 15) is 8.42 Å². The van der Waals surface area contributed by atoms with Crippen LogP contribution in [0.1, 0.15) is 19.4 Å². The van der Waals surface area contributed by atoms with Crippen molar-refractivity contribution in [3.63, 3.8) is 0 Å². The molecule has 0 atom stereocenters. The molecule has 1 saturated heterocycles. The van der Waals surface area contributed by atoms with Crippen molar-refractivity contribution in [3.05, 3.63) is 41.3 Å². The fourth-order valence-electron chi connectivity index (χ4n) is 2.24. The van der Waals surface area contributed by atoms with Gasteiger partial charge in [-0.3, -0.25) is 0 Å². The van der Waals surface area contributed by atoms with Crippen molar-refractivity contribution < 1.29 is 8.42 Å². The molecule has 1 aromatic rings. The third kappa shape index (κ3) is 3.43. The summed E-state index contributed by atoms with van der Waals surface area (Å²) in [5.74, 6) is 0. The third-order valence-electron chi connectivity index (χ3n) is 3.26. The summed E-state index contributed by atoms with van der Waals surface area (Å²) in [6.45, 7) is 5.75. The van der Waals surface area contributed by atoms with Crippen LogP contribution in [0.25, 0.3) is 6.08 Å². The van der Waals surface area contributed by atoms with Crippen molar-refractivity contribution >= 4 is 16.1 Å². The van der Waals surface area contributed by atoms with Crippen molar-refractivity contribution in [2.24, 2.45) is 0 Å². The first kappa shape index (κ1) is 14.2. The van der Waals surface area contributed by atoms with Crippen molar-refractivity contribution in [1.82, 2.24) is 9.62 Å². The lowest BCUT2D eigenvalue weighted by molar-refractivity contribution is 0.188. The van der Waals surface area contributed by atoms with Crippen LogP contribution in [0.2, 0.25) is 0 Å². The van der Waals surface area contributed by atoms with Gasteiger partial charge in [0.2, 0.25) is 10.0 Å². The molecular formula is C14H20N2O2S. The SMILES string of the molecule is CC1(C)CNCCN1S(=O)(=O)C=Cc1ccccc1. The van der Waals surface area contributed by atoms with Crippen LogP contribution >= 0.6 is 0 Å². The van der Waals surface area contributed by atoms with E-state index in [-0.39, 0.29) is 0 Å². The fourth-order valence-corrected chi connectivity index (χ4v) is 3.81. The van der Waals surface area contributed by atoms with Gasteiger partial charge in [0, 0.05) is 30.6 Å². The smallest absolute Gasteiger partial charge is 0.236 e. The summed E-state index contributed by atoms with van der Waals surface area (Å²) >= 11 is 0. The monoisotopic (exact) mass is 280 g/mol. The van der Waals surface area contributed by atoms with E-state index < -0.39 is 15.6 Å². The summed E-state index contributed by atoms with van der Waals surface area (Å²) in [6.07, 6.45) is 1.65. The second kappa shape index (κ2) is 5.45. The minimum atomic E-state index is -3.38. The van der Waals surface area contributed by atoms with Crippen LogP contribution in [0.15, 0.2) is 35.7 Å². The number of sulfonamides is 1. The van der Waals surface area contributed by atoms with Gasteiger partial charge in [-0.15, -0.1) is 0 Å². The van der Waals surface area contributed by atoms with Crippen LogP contribution in [-0.2, 0) is 10.0 Å². The number of hydrogen-bond acceptors (Lipinski definition) is 3. The topological polar surface area (TPSA) is 49.4 Å². The summed E-state index contributed by atoms with van der Waals surface area (Å²) < 4.78 is 26.3. The molecule has 0 saturated carbocycles. The highest BCUT2D eigenvalue weighted by Crippen LogP contribution is 2.21. The van der Waals surface area contributed by atoms with E-state index in [0.717, 1.165) is 5.56 Å². The number of hydrogen-bond donors (Lipinski definition) is 1. The predicted octanol–water partition coefficient (Wildman–Crippen LogP) is 1.67. The fraction of sp³-hybridized carbons (Fsp3) is 0.429. The minimum absolute atomic E-state index is 0.391. The van der Waals surface area contributed by atoms with Crippen molar-refractivity contribution in [2.75, 3.05) is 19.6 Å². The van der Waals surface area contributed by atoms with Gasteiger partial charge in [0.25, 0.3) is 0 Å². The Labute approximate surface area is 115 Å². The van der Waals surface area contributed by atoms with Gasteiger partial charge >= 0.3 is 0 Å². The number of nitrogens with zero attached hydrogens (tertiary/aromatic N) is 1. The lowest BCUT2D eigenvalue weighted by Crippen LogP contribution is -2.59. The average molecular weight is 280 g/mol. The molecule has 4 nitrogen and oxygen atoms in total. The molecule has 5 heteroatoms. The zero-order chi connectivity index (χ0) is 13.9. The zero-order valence-corrected chi connectivity index (χ0v) is 12.2. The molecule has 1 aliphatic heterocycles. The Kier molecular flexibility index (Phi) is 4.08. The molecule has 0 aliphatic carbocycles. The van der Waals surface area contributed by atoms with Crippen molar-refractivity contribution in [1.29, 1.82) is 0 Å². The Balaban J connectivity index is 2.21. The van der Waals surface area contributed by atoms with E-state index in [1.807, 2.05) is 44.2 Å². The quantitative estimate of drug-likeness (QED) is 0.916. The molecule has 1 N–H and O–H groups in total. The molecule has 2 rings (SSSR count). The third-order valence-corrected chi connectivity index (χ3v) is 5.03. The first-order valence-electron chi connectivity index (χ1n) is 6.38. The first-order chi connectivity index (χ1) is 8.92. The number of piperazine rings is 1. The molecule has 0 radical (unpaired) electrons. The molecule has 0 spiro atoms. The molecule has 0 unspecified atom stereocenters.